The van der Waals surface area contributed by atoms with Crippen LogP contribution in [-0.2, 0) is 0 Å². The molecule has 14 heavy (non-hydrogen) atoms. The van der Waals surface area contributed by atoms with Crippen molar-refractivity contribution in [3.05, 3.63) is 29.8 Å². The molecule has 0 heterocycles. The van der Waals surface area contributed by atoms with Crippen LogP contribution in [0.4, 0.5) is 0 Å². The Morgan fingerprint density at radius 1 is 1.57 bits per heavy atom. The van der Waals surface area contributed by atoms with E-state index in [1.807, 2.05) is 36.6 Å². The summed E-state index contributed by atoms with van der Waals surface area (Å²) in [6, 6.07) is 7.65. The van der Waals surface area contributed by atoms with Crippen LogP contribution in [0.3, 0.4) is 0 Å². The molecule has 2 nitrogen and oxygen atoms in total. The summed E-state index contributed by atoms with van der Waals surface area (Å²) in [7, 11) is 0. The number of hydrogen-bond donors (Lipinski definition) is 0. The van der Waals surface area contributed by atoms with Gasteiger partial charge in [0.15, 0.2) is 5.56 Å². The summed E-state index contributed by atoms with van der Waals surface area (Å²) < 4.78 is 5.44. The van der Waals surface area contributed by atoms with Crippen molar-refractivity contribution >= 4 is 23.4 Å². The summed E-state index contributed by atoms with van der Waals surface area (Å²) in [5.74, 6) is 1.23. The van der Waals surface area contributed by atoms with Crippen molar-refractivity contribution in [2.45, 2.75) is 12.5 Å². The zero-order chi connectivity index (χ0) is 10.4. The summed E-state index contributed by atoms with van der Waals surface area (Å²) in [5.41, 5.74) is 0.584. The first-order valence-electron chi connectivity index (χ1n) is 4.11. The number of ether oxygens (including phenoxy) is 1. The average Bonchev–Trinajstić information content (AvgIpc) is 2.18. The fraction of sp³-hybridized carbons (Fsp3) is 0.300. The molecule has 0 aliphatic heterocycles. The van der Waals surface area contributed by atoms with E-state index >= 15 is 0 Å². The lowest BCUT2D eigenvalue weighted by atomic mass is 10.2. The third kappa shape index (κ3) is 3.49. The molecule has 0 saturated heterocycles. The van der Waals surface area contributed by atoms with E-state index in [1.165, 1.54) is 0 Å². The van der Waals surface area contributed by atoms with Gasteiger partial charge in [0.1, 0.15) is 11.2 Å². The molecule has 1 aromatic carbocycles. The SMILES string of the molecule is Cc1ccccc1OC(Cl)CSC#N. The Kier molecular flexibility index (Phi) is 4.64. The summed E-state index contributed by atoms with van der Waals surface area (Å²) in [4.78, 5) is 0. The van der Waals surface area contributed by atoms with E-state index in [1.54, 1.807) is 0 Å². The van der Waals surface area contributed by atoms with Crippen molar-refractivity contribution < 1.29 is 4.74 Å². The monoisotopic (exact) mass is 227 g/mol. The highest BCUT2D eigenvalue weighted by atomic mass is 35.5. The second kappa shape index (κ2) is 5.79. The van der Waals surface area contributed by atoms with E-state index in [-0.39, 0.29) is 0 Å². The van der Waals surface area contributed by atoms with Crippen LogP contribution in [0.25, 0.3) is 0 Å². The number of para-hydroxylation sites is 1. The maximum atomic E-state index is 8.33. The Balaban J connectivity index is 2.52. The van der Waals surface area contributed by atoms with Crippen LogP contribution in [0.15, 0.2) is 24.3 Å². The number of thiocyanates is 1. The van der Waals surface area contributed by atoms with Gasteiger partial charge in [0.25, 0.3) is 0 Å². The molecule has 0 saturated carbocycles. The van der Waals surface area contributed by atoms with Gasteiger partial charge in [-0.2, -0.15) is 5.26 Å². The molecule has 74 valence electrons. The molecule has 0 aromatic heterocycles. The van der Waals surface area contributed by atoms with Gasteiger partial charge in [0.2, 0.25) is 0 Å². The number of thioether (sulfide) groups is 1. The van der Waals surface area contributed by atoms with E-state index in [0.717, 1.165) is 23.1 Å². The van der Waals surface area contributed by atoms with E-state index in [4.69, 9.17) is 21.6 Å². The molecule has 0 N–H and O–H groups in total. The molecule has 0 bridgehead atoms. The molecule has 1 unspecified atom stereocenters. The smallest absolute Gasteiger partial charge is 0.182 e. The number of alkyl halides is 1. The Bertz CT molecular complexity index is 337. The van der Waals surface area contributed by atoms with Crippen molar-refractivity contribution in [1.82, 2.24) is 0 Å². The highest BCUT2D eigenvalue weighted by Gasteiger charge is 2.07. The molecular weight excluding hydrogens is 218 g/mol. The van der Waals surface area contributed by atoms with Gasteiger partial charge in [-0.25, -0.2) is 0 Å². The molecule has 0 aliphatic carbocycles. The molecule has 1 atom stereocenters. The van der Waals surface area contributed by atoms with Gasteiger partial charge in [-0.05, 0) is 30.3 Å². The maximum Gasteiger partial charge on any atom is 0.182 e. The molecule has 0 aliphatic rings. The van der Waals surface area contributed by atoms with Crippen molar-refractivity contribution in [2.24, 2.45) is 0 Å². The minimum Gasteiger partial charge on any atom is -0.474 e. The topological polar surface area (TPSA) is 33.0 Å². The number of aryl methyl sites for hydroxylation is 1. The van der Waals surface area contributed by atoms with Crippen molar-refractivity contribution in [3.8, 4) is 11.2 Å². The fourth-order valence-corrected chi connectivity index (χ4v) is 1.52. The lowest BCUT2D eigenvalue weighted by Crippen LogP contribution is -2.11. The van der Waals surface area contributed by atoms with Gasteiger partial charge in [-0.3, -0.25) is 0 Å². The first-order valence-corrected chi connectivity index (χ1v) is 5.53. The normalized spacial score (nSPS) is 11.8. The third-order valence-corrected chi connectivity index (χ3v) is 2.65. The summed E-state index contributed by atoms with van der Waals surface area (Å²) in [5, 5.41) is 10.3. The van der Waals surface area contributed by atoms with Crippen LogP contribution >= 0.6 is 23.4 Å². The van der Waals surface area contributed by atoms with E-state index in [2.05, 4.69) is 0 Å². The average molecular weight is 228 g/mol. The number of rotatable bonds is 4. The Morgan fingerprint density at radius 3 is 2.93 bits per heavy atom. The molecule has 1 rings (SSSR count). The van der Waals surface area contributed by atoms with Crippen LogP contribution in [0.2, 0.25) is 0 Å². The first-order chi connectivity index (χ1) is 6.74. The largest absolute Gasteiger partial charge is 0.474 e. The van der Waals surface area contributed by atoms with Crippen LogP contribution in [-0.4, -0.2) is 11.3 Å². The zero-order valence-corrected chi connectivity index (χ0v) is 9.31. The highest BCUT2D eigenvalue weighted by molar-refractivity contribution is 8.03. The second-order valence-electron chi connectivity index (χ2n) is 2.70. The summed E-state index contributed by atoms with van der Waals surface area (Å²) in [6.45, 7) is 1.95. The predicted octanol–water partition coefficient (Wildman–Crippen LogP) is 3.15. The van der Waals surface area contributed by atoms with Crippen LogP contribution in [0, 0.1) is 17.6 Å². The minimum absolute atomic E-state index is 0.458. The molecule has 0 fully saturated rings. The summed E-state index contributed by atoms with van der Waals surface area (Å²) in [6.07, 6.45) is 0. The Morgan fingerprint density at radius 2 is 2.29 bits per heavy atom. The first kappa shape index (κ1) is 11.2. The molecule has 0 radical (unpaired) electrons. The van der Waals surface area contributed by atoms with Gasteiger partial charge in [0.05, 0.1) is 5.75 Å². The standard InChI is InChI=1S/C10H10ClNOS/c1-8-4-2-3-5-9(8)13-10(11)6-14-7-12/h2-5,10H,6H2,1H3. The Labute approximate surface area is 92.8 Å². The molecule has 0 spiro atoms. The van der Waals surface area contributed by atoms with Crippen LogP contribution in [0.5, 0.6) is 5.75 Å². The fourth-order valence-electron chi connectivity index (χ4n) is 0.963. The van der Waals surface area contributed by atoms with Gasteiger partial charge in [-0.15, -0.1) is 0 Å². The number of hydrogen-bond acceptors (Lipinski definition) is 3. The summed E-state index contributed by atoms with van der Waals surface area (Å²) >= 11 is 6.96. The van der Waals surface area contributed by atoms with E-state index in [0.29, 0.717) is 5.75 Å². The molecule has 4 heteroatoms. The quantitative estimate of drug-likeness (QED) is 0.585. The van der Waals surface area contributed by atoms with Gasteiger partial charge in [0, 0.05) is 0 Å². The molecular formula is C10H10ClNOS. The highest BCUT2D eigenvalue weighted by Crippen LogP contribution is 2.20. The van der Waals surface area contributed by atoms with E-state index < -0.39 is 5.56 Å². The zero-order valence-electron chi connectivity index (χ0n) is 7.74. The van der Waals surface area contributed by atoms with Gasteiger partial charge >= 0.3 is 0 Å². The van der Waals surface area contributed by atoms with Crippen LogP contribution < -0.4 is 4.74 Å². The maximum absolute atomic E-state index is 8.33. The lowest BCUT2D eigenvalue weighted by molar-refractivity contribution is 0.303. The lowest BCUT2D eigenvalue weighted by Gasteiger charge is -2.12. The van der Waals surface area contributed by atoms with Crippen LogP contribution in [0.1, 0.15) is 5.56 Å². The number of nitrogens with zero attached hydrogens (tertiary/aromatic N) is 1. The number of nitriles is 1. The van der Waals surface area contributed by atoms with Crippen molar-refractivity contribution in [1.29, 1.82) is 5.26 Å². The number of halogens is 1. The van der Waals surface area contributed by atoms with Gasteiger partial charge < -0.3 is 4.74 Å². The molecule has 0 amide bonds. The second-order valence-corrected chi connectivity index (χ2v) is 3.99. The van der Waals surface area contributed by atoms with Crippen molar-refractivity contribution in [3.63, 3.8) is 0 Å². The van der Waals surface area contributed by atoms with Crippen molar-refractivity contribution in [2.75, 3.05) is 5.75 Å². The molecule has 1 aromatic rings. The third-order valence-electron chi connectivity index (χ3n) is 1.63. The number of benzene rings is 1. The minimum atomic E-state index is -0.458. The van der Waals surface area contributed by atoms with E-state index in [9.17, 15) is 0 Å². The predicted molar refractivity (Wildman–Crippen MR) is 59.5 cm³/mol. The van der Waals surface area contributed by atoms with Gasteiger partial charge in [-0.1, -0.05) is 29.8 Å². The Hall–Kier alpha value is -0.850.